The second-order valence-corrected chi connectivity index (χ2v) is 5.81. The van der Waals surface area contributed by atoms with E-state index in [1.54, 1.807) is 0 Å². The van der Waals surface area contributed by atoms with Gasteiger partial charge >= 0.3 is 0 Å². The normalized spacial score (nSPS) is 11.6. The summed E-state index contributed by atoms with van der Waals surface area (Å²) < 4.78 is 5.91. The zero-order valence-corrected chi connectivity index (χ0v) is 13.6. The van der Waals surface area contributed by atoms with Gasteiger partial charge in [-0.2, -0.15) is 0 Å². The Morgan fingerprint density at radius 3 is 2.61 bits per heavy atom. The highest BCUT2D eigenvalue weighted by atomic mass is 16.5. The van der Waals surface area contributed by atoms with Crippen LogP contribution in [0.5, 0.6) is 5.75 Å². The average Bonchev–Trinajstić information content (AvgIpc) is 3.03. The number of hydrogen-bond acceptors (Lipinski definition) is 2. The van der Waals surface area contributed by atoms with E-state index in [0.29, 0.717) is 6.61 Å². The van der Waals surface area contributed by atoms with Gasteiger partial charge in [0.1, 0.15) is 12.4 Å². The van der Waals surface area contributed by atoms with Gasteiger partial charge in [0.15, 0.2) is 0 Å². The standard InChI is InChI=1S/C20H22N2O/c1-22(2)14-15-23-20-9-4-3-6-17(20)11-10-16-7-5-8-19-18(16)12-13-21-19/h3-13,21H,14-15H2,1-2H3. The highest BCUT2D eigenvalue weighted by Gasteiger charge is 2.02. The van der Waals surface area contributed by atoms with Crippen LogP contribution >= 0.6 is 0 Å². The molecule has 1 aromatic heterocycles. The molecule has 0 amide bonds. The minimum Gasteiger partial charge on any atom is -0.492 e. The third-order valence-electron chi connectivity index (χ3n) is 3.79. The molecule has 0 saturated heterocycles. The third-order valence-corrected chi connectivity index (χ3v) is 3.79. The third kappa shape index (κ3) is 3.82. The number of rotatable bonds is 6. The number of ether oxygens (including phenoxy) is 1. The maximum Gasteiger partial charge on any atom is 0.126 e. The zero-order chi connectivity index (χ0) is 16.1. The Hall–Kier alpha value is -2.52. The summed E-state index contributed by atoms with van der Waals surface area (Å²) in [6.45, 7) is 1.59. The molecule has 0 saturated carbocycles. The molecule has 0 unspecified atom stereocenters. The molecule has 3 rings (SSSR count). The lowest BCUT2D eigenvalue weighted by atomic mass is 10.1. The highest BCUT2D eigenvalue weighted by molar-refractivity contribution is 5.91. The van der Waals surface area contributed by atoms with Crippen LogP contribution in [-0.2, 0) is 0 Å². The molecule has 2 aromatic carbocycles. The first kappa shape index (κ1) is 15.4. The fourth-order valence-corrected chi connectivity index (χ4v) is 2.52. The minimum atomic E-state index is 0.686. The van der Waals surface area contributed by atoms with Gasteiger partial charge in [0.05, 0.1) is 0 Å². The second-order valence-electron chi connectivity index (χ2n) is 5.81. The molecule has 118 valence electrons. The number of hydrogen-bond donors (Lipinski definition) is 1. The van der Waals surface area contributed by atoms with E-state index in [1.807, 2.05) is 38.5 Å². The van der Waals surface area contributed by atoms with E-state index in [2.05, 4.69) is 52.4 Å². The Balaban J connectivity index is 1.81. The van der Waals surface area contributed by atoms with Gasteiger partial charge in [-0.25, -0.2) is 0 Å². The number of H-pyrrole nitrogens is 1. The number of benzene rings is 2. The molecule has 0 aliphatic carbocycles. The number of fused-ring (bicyclic) bond motifs is 1. The predicted molar refractivity (Wildman–Crippen MR) is 97.7 cm³/mol. The number of aromatic nitrogens is 1. The summed E-state index contributed by atoms with van der Waals surface area (Å²) in [6.07, 6.45) is 6.23. The van der Waals surface area contributed by atoms with Crippen LogP contribution in [0.1, 0.15) is 11.1 Å². The molecule has 1 N–H and O–H groups in total. The summed E-state index contributed by atoms with van der Waals surface area (Å²) in [5.74, 6) is 0.923. The van der Waals surface area contributed by atoms with Crippen molar-refractivity contribution in [3.8, 4) is 5.75 Å². The molecule has 0 fully saturated rings. The molecule has 0 bridgehead atoms. The summed E-state index contributed by atoms with van der Waals surface area (Å²) in [6, 6.07) is 16.5. The number of likely N-dealkylation sites (N-methyl/N-ethyl adjacent to an activating group) is 1. The van der Waals surface area contributed by atoms with Crippen LogP contribution in [-0.4, -0.2) is 37.1 Å². The second kappa shape index (κ2) is 7.16. The van der Waals surface area contributed by atoms with E-state index in [-0.39, 0.29) is 0 Å². The lowest BCUT2D eigenvalue weighted by Gasteiger charge is -2.12. The van der Waals surface area contributed by atoms with Gasteiger partial charge in [0, 0.05) is 29.2 Å². The van der Waals surface area contributed by atoms with Gasteiger partial charge in [-0.3, -0.25) is 0 Å². The molecule has 1 heterocycles. The fourth-order valence-electron chi connectivity index (χ4n) is 2.52. The monoisotopic (exact) mass is 306 g/mol. The molecule has 0 aliphatic rings. The topological polar surface area (TPSA) is 28.3 Å². The minimum absolute atomic E-state index is 0.686. The lowest BCUT2D eigenvalue weighted by Crippen LogP contribution is -2.19. The molecule has 0 radical (unpaired) electrons. The molecule has 0 atom stereocenters. The summed E-state index contributed by atoms with van der Waals surface area (Å²) in [5, 5.41) is 1.23. The molecule has 3 aromatic rings. The molecule has 0 spiro atoms. The van der Waals surface area contributed by atoms with Gasteiger partial charge < -0.3 is 14.6 Å². The zero-order valence-electron chi connectivity index (χ0n) is 13.6. The van der Waals surface area contributed by atoms with Crippen molar-refractivity contribution in [2.75, 3.05) is 27.2 Å². The highest BCUT2D eigenvalue weighted by Crippen LogP contribution is 2.23. The van der Waals surface area contributed by atoms with Gasteiger partial charge in [-0.1, -0.05) is 42.5 Å². The summed E-state index contributed by atoms with van der Waals surface area (Å²) in [5.41, 5.74) is 3.45. The van der Waals surface area contributed by atoms with Crippen LogP contribution in [0.3, 0.4) is 0 Å². The maximum atomic E-state index is 5.91. The van der Waals surface area contributed by atoms with E-state index in [0.717, 1.165) is 23.4 Å². The van der Waals surface area contributed by atoms with Crippen molar-refractivity contribution < 1.29 is 4.74 Å². The molecular weight excluding hydrogens is 284 g/mol. The molecule has 0 aliphatic heterocycles. The van der Waals surface area contributed by atoms with Crippen molar-refractivity contribution >= 4 is 23.1 Å². The smallest absolute Gasteiger partial charge is 0.126 e. The average molecular weight is 306 g/mol. The first-order chi connectivity index (χ1) is 11.2. The summed E-state index contributed by atoms with van der Waals surface area (Å²) in [7, 11) is 4.10. The molecule has 23 heavy (non-hydrogen) atoms. The Morgan fingerprint density at radius 2 is 1.74 bits per heavy atom. The van der Waals surface area contributed by atoms with E-state index in [9.17, 15) is 0 Å². The van der Waals surface area contributed by atoms with E-state index in [1.165, 1.54) is 10.9 Å². The summed E-state index contributed by atoms with van der Waals surface area (Å²) in [4.78, 5) is 5.36. The van der Waals surface area contributed by atoms with Crippen molar-refractivity contribution in [1.82, 2.24) is 9.88 Å². The maximum absolute atomic E-state index is 5.91. The molecule has 3 heteroatoms. The van der Waals surface area contributed by atoms with Crippen LogP contribution in [0.25, 0.3) is 23.1 Å². The van der Waals surface area contributed by atoms with Gasteiger partial charge in [-0.15, -0.1) is 0 Å². The number of aromatic amines is 1. The van der Waals surface area contributed by atoms with Crippen molar-refractivity contribution in [1.29, 1.82) is 0 Å². The van der Waals surface area contributed by atoms with Crippen molar-refractivity contribution in [2.45, 2.75) is 0 Å². The summed E-state index contributed by atoms with van der Waals surface area (Å²) >= 11 is 0. The lowest BCUT2D eigenvalue weighted by molar-refractivity contribution is 0.261. The van der Waals surface area contributed by atoms with Crippen molar-refractivity contribution in [3.05, 3.63) is 65.9 Å². The molecule has 3 nitrogen and oxygen atoms in total. The van der Waals surface area contributed by atoms with E-state index < -0.39 is 0 Å². The van der Waals surface area contributed by atoms with Crippen LogP contribution < -0.4 is 4.74 Å². The van der Waals surface area contributed by atoms with E-state index >= 15 is 0 Å². The first-order valence-electron chi connectivity index (χ1n) is 7.85. The first-order valence-corrected chi connectivity index (χ1v) is 7.85. The molecular formula is C20H22N2O. The Bertz CT molecular complexity index is 802. The SMILES string of the molecule is CN(C)CCOc1ccccc1C=Cc1cccc2[nH]ccc12. The van der Waals surface area contributed by atoms with E-state index in [4.69, 9.17) is 4.74 Å². The fraction of sp³-hybridized carbons (Fsp3) is 0.200. The quantitative estimate of drug-likeness (QED) is 0.689. The van der Waals surface area contributed by atoms with Crippen LogP contribution in [0.15, 0.2) is 54.7 Å². The van der Waals surface area contributed by atoms with Crippen LogP contribution in [0.2, 0.25) is 0 Å². The van der Waals surface area contributed by atoms with Gasteiger partial charge in [-0.05, 0) is 37.9 Å². The number of para-hydroxylation sites is 1. The largest absolute Gasteiger partial charge is 0.492 e. The van der Waals surface area contributed by atoms with Crippen molar-refractivity contribution in [2.24, 2.45) is 0 Å². The van der Waals surface area contributed by atoms with Crippen LogP contribution in [0.4, 0.5) is 0 Å². The number of nitrogens with one attached hydrogen (secondary N) is 1. The van der Waals surface area contributed by atoms with Crippen molar-refractivity contribution in [3.63, 3.8) is 0 Å². The van der Waals surface area contributed by atoms with Gasteiger partial charge in [0.25, 0.3) is 0 Å². The Labute approximate surface area is 137 Å². The Kier molecular flexibility index (Phi) is 4.79. The number of nitrogens with zero attached hydrogens (tertiary/aromatic N) is 1. The van der Waals surface area contributed by atoms with Crippen LogP contribution in [0, 0.1) is 0 Å². The van der Waals surface area contributed by atoms with Gasteiger partial charge in [0.2, 0.25) is 0 Å². The predicted octanol–water partition coefficient (Wildman–Crippen LogP) is 4.28. The Morgan fingerprint density at radius 1 is 0.957 bits per heavy atom.